The summed E-state index contributed by atoms with van der Waals surface area (Å²) in [4.78, 5) is 0. The number of benzene rings is 1. The normalized spacial score (nSPS) is 12.1. The van der Waals surface area contributed by atoms with E-state index in [1.165, 1.54) is 0 Å². The molecule has 1 aromatic carbocycles. The second-order valence-electron chi connectivity index (χ2n) is 3.48. The van der Waals surface area contributed by atoms with E-state index in [0.717, 1.165) is 18.4 Å². The van der Waals surface area contributed by atoms with Crippen molar-refractivity contribution in [3.8, 4) is 11.8 Å². The number of nitrogens with two attached hydrogens (primary N) is 1. The molecule has 74 valence electrons. The van der Waals surface area contributed by atoms with Gasteiger partial charge in [-0.05, 0) is 37.5 Å². The maximum Gasteiger partial charge on any atom is 0.133 e. The molecule has 1 rings (SSSR count). The molecule has 0 fully saturated rings. The second kappa shape index (κ2) is 4.64. The van der Waals surface area contributed by atoms with E-state index in [4.69, 9.17) is 11.0 Å². The van der Waals surface area contributed by atoms with E-state index >= 15 is 0 Å². The lowest BCUT2D eigenvalue weighted by atomic mass is 10.0. The summed E-state index contributed by atoms with van der Waals surface area (Å²) in [5.41, 5.74) is 6.99. The Kier molecular flexibility index (Phi) is 3.49. The van der Waals surface area contributed by atoms with Crippen LogP contribution in [-0.2, 0) is 6.42 Å². The Hall–Kier alpha value is -1.53. The van der Waals surface area contributed by atoms with Crippen molar-refractivity contribution in [3.05, 3.63) is 29.3 Å². The lowest BCUT2D eigenvalue weighted by molar-refractivity contribution is 0.473. The van der Waals surface area contributed by atoms with Crippen LogP contribution >= 0.6 is 0 Å². The highest BCUT2D eigenvalue weighted by molar-refractivity contribution is 5.44. The molecule has 0 radical (unpaired) electrons. The zero-order valence-corrected chi connectivity index (χ0v) is 8.20. The van der Waals surface area contributed by atoms with Crippen LogP contribution in [0.25, 0.3) is 0 Å². The fourth-order valence-corrected chi connectivity index (χ4v) is 1.22. The third kappa shape index (κ3) is 2.75. The van der Waals surface area contributed by atoms with Gasteiger partial charge in [0, 0.05) is 6.04 Å². The fraction of sp³-hybridized carbons (Fsp3) is 0.364. The maximum absolute atomic E-state index is 9.27. The van der Waals surface area contributed by atoms with Gasteiger partial charge < -0.3 is 10.8 Å². The van der Waals surface area contributed by atoms with E-state index in [2.05, 4.69) is 0 Å². The minimum atomic E-state index is 0.0389. The van der Waals surface area contributed by atoms with Crippen molar-refractivity contribution >= 4 is 0 Å². The summed E-state index contributed by atoms with van der Waals surface area (Å²) in [5, 5.41) is 18.0. The Balaban J connectivity index is 2.76. The first kappa shape index (κ1) is 10.6. The van der Waals surface area contributed by atoms with Crippen molar-refractivity contribution in [2.75, 3.05) is 0 Å². The Morgan fingerprint density at radius 2 is 2.29 bits per heavy atom. The number of phenols is 1. The average Bonchev–Trinajstić information content (AvgIpc) is 2.16. The summed E-state index contributed by atoms with van der Waals surface area (Å²) in [6.45, 7) is 1.95. The molecule has 0 aliphatic heterocycles. The summed E-state index contributed by atoms with van der Waals surface area (Å²) < 4.78 is 0. The average molecular weight is 190 g/mol. The highest BCUT2D eigenvalue weighted by atomic mass is 16.3. The smallest absolute Gasteiger partial charge is 0.133 e. The molecule has 0 aliphatic rings. The largest absolute Gasteiger partial charge is 0.507 e. The Bertz CT molecular complexity index is 353. The highest BCUT2D eigenvalue weighted by Gasteiger charge is 2.02. The first-order valence-electron chi connectivity index (χ1n) is 4.61. The second-order valence-corrected chi connectivity index (χ2v) is 3.48. The van der Waals surface area contributed by atoms with Gasteiger partial charge in [-0.3, -0.25) is 0 Å². The predicted octanol–water partition coefficient (Wildman–Crippen LogP) is 1.54. The Labute approximate surface area is 83.8 Å². The number of hydrogen-bond donors (Lipinski definition) is 2. The van der Waals surface area contributed by atoms with Gasteiger partial charge in [0.05, 0.1) is 5.56 Å². The third-order valence-corrected chi connectivity index (χ3v) is 2.07. The van der Waals surface area contributed by atoms with Crippen molar-refractivity contribution < 1.29 is 5.11 Å². The van der Waals surface area contributed by atoms with Gasteiger partial charge in [-0.15, -0.1) is 0 Å². The van der Waals surface area contributed by atoms with Crippen LogP contribution in [0, 0.1) is 11.3 Å². The maximum atomic E-state index is 9.27. The molecule has 0 heterocycles. The summed E-state index contributed by atoms with van der Waals surface area (Å²) in [6, 6.07) is 7.18. The standard InChI is InChI=1S/C11H14N2O/c1-8(13)2-3-9-4-5-11(14)10(6-9)7-12/h4-6,8,14H,2-3,13H2,1H3. The third-order valence-electron chi connectivity index (χ3n) is 2.07. The Morgan fingerprint density at radius 1 is 1.57 bits per heavy atom. The predicted molar refractivity (Wildman–Crippen MR) is 54.8 cm³/mol. The van der Waals surface area contributed by atoms with Crippen molar-refractivity contribution in [3.63, 3.8) is 0 Å². The van der Waals surface area contributed by atoms with E-state index in [-0.39, 0.29) is 11.8 Å². The summed E-state index contributed by atoms with van der Waals surface area (Å²) in [7, 11) is 0. The molecule has 0 saturated heterocycles. The molecular weight excluding hydrogens is 176 g/mol. The molecule has 1 atom stereocenters. The first-order valence-corrected chi connectivity index (χ1v) is 4.61. The molecule has 0 amide bonds. The number of nitrogens with zero attached hydrogens (tertiary/aromatic N) is 1. The van der Waals surface area contributed by atoms with Gasteiger partial charge in [-0.25, -0.2) is 0 Å². The lowest BCUT2D eigenvalue weighted by Gasteiger charge is -2.05. The number of nitriles is 1. The number of aromatic hydroxyl groups is 1. The molecule has 3 N–H and O–H groups in total. The highest BCUT2D eigenvalue weighted by Crippen LogP contribution is 2.18. The number of phenolic OH excluding ortho intramolecular Hbond substituents is 1. The van der Waals surface area contributed by atoms with Gasteiger partial charge in [0.1, 0.15) is 11.8 Å². The lowest BCUT2D eigenvalue weighted by Crippen LogP contribution is -2.15. The van der Waals surface area contributed by atoms with Crippen molar-refractivity contribution in [2.45, 2.75) is 25.8 Å². The molecule has 0 aromatic heterocycles. The number of aryl methyl sites for hydroxylation is 1. The van der Waals surface area contributed by atoms with Crippen LogP contribution in [0.2, 0.25) is 0 Å². The summed E-state index contributed by atoms with van der Waals surface area (Å²) in [6.07, 6.45) is 1.72. The van der Waals surface area contributed by atoms with Crippen LogP contribution in [0.15, 0.2) is 18.2 Å². The SMILES string of the molecule is CC(N)CCc1ccc(O)c(C#N)c1. The van der Waals surface area contributed by atoms with E-state index in [1.54, 1.807) is 12.1 Å². The van der Waals surface area contributed by atoms with Gasteiger partial charge in [0.2, 0.25) is 0 Å². The van der Waals surface area contributed by atoms with Crippen molar-refractivity contribution in [2.24, 2.45) is 5.73 Å². The summed E-state index contributed by atoms with van der Waals surface area (Å²) in [5.74, 6) is 0.0389. The summed E-state index contributed by atoms with van der Waals surface area (Å²) >= 11 is 0. The molecule has 3 nitrogen and oxygen atoms in total. The van der Waals surface area contributed by atoms with Crippen LogP contribution in [-0.4, -0.2) is 11.1 Å². The van der Waals surface area contributed by atoms with Crippen LogP contribution < -0.4 is 5.73 Å². The van der Waals surface area contributed by atoms with Crippen LogP contribution in [0.4, 0.5) is 0 Å². The molecule has 0 spiro atoms. The van der Waals surface area contributed by atoms with E-state index in [9.17, 15) is 5.11 Å². The molecule has 3 heteroatoms. The molecule has 1 unspecified atom stereocenters. The van der Waals surface area contributed by atoms with Gasteiger partial charge in [-0.1, -0.05) is 6.07 Å². The van der Waals surface area contributed by atoms with Gasteiger partial charge >= 0.3 is 0 Å². The fourth-order valence-electron chi connectivity index (χ4n) is 1.22. The monoisotopic (exact) mass is 190 g/mol. The van der Waals surface area contributed by atoms with Crippen LogP contribution in [0.3, 0.4) is 0 Å². The van der Waals surface area contributed by atoms with Gasteiger partial charge in [-0.2, -0.15) is 5.26 Å². The molecule has 14 heavy (non-hydrogen) atoms. The van der Waals surface area contributed by atoms with E-state index < -0.39 is 0 Å². The van der Waals surface area contributed by atoms with Crippen LogP contribution in [0.1, 0.15) is 24.5 Å². The molecular formula is C11H14N2O. The van der Waals surface area contributed by atoms with E-state index in [0.29, 0.717) is 5.56 Å². The Morgan fingerprint density at radius 3 is 2.86 bits per heavy atom. The van der Waals surface area contributed by atoms with Gasteiger partial charge in [0.15, 0.2) is 0 Å². The van der Waals surface area contributed by atoms with Gasteiger partial charge in [0.25, 0.3) is 0 Å². The van der Waals surface area contributed by atoms with Crippen molar-refractivity contribution in [1.82, 2.24) is 0 Å². The quantitative estimate of drug-likeness (QED) is 0.759. The molecule has 0 saturated carbocycles. The zero-order valence-electron chi connectivity index (χ0n) is 8.20. The molecule has 1 aromatic rings. The number of hydrogen-bond acceptors (Lipinski definition) is 3. The minimum absolute atomic E-state index is 0.0389. The minimum Gasteiger partial charge on any atom is -0.507 e. The number of rotatable bonds is 3. The first-order chi connectivity index (χ1) is 6.63. The van der Waals surface area contributed by atoms with Crippen molar-refractivity contribution in [1.29, 1.82) is 5.26 Å². The molecule has 0 bridgehead atoms. The zero-order chi connectivity index (χ0) is 10.6. The van der Waals surface area contributed by atoms with E-state index in [1.807, 2.05) is 19.1 Å². The van der Waals surface area contributed by atoms with Crippen LogP contribution in [0.5, 0.6) is 5.75 Å². The molecule has 0 aliphatic carbocycles. The topological polar surface area (TPSA) is 70.0 Å².